The van der Waals surface area contributed by atoms with Crippen LogP contribution in [0.15, 0.2) is 29.5 Å². The van der Waals surface area contributed by atoms with Crippen molar-refractivity contribution in [1.82, 2.24) is 4.90 Å². The second-order valence-corrected chi connectivity index (χ2v) is 5.90. The molecule has 0 heterocycles. The number of nitroso groups, excluding NO2 is 1. The van der Waals surface area contributed by atoms with Crippen LogP contribution in [-0.4, -0.2) is 53.6 Å². The minimum Gasteiger partial charge on any atom is -0.362 e. The number of rotatable bonds is 7. The normalized spacial score (nSPS) is 26.8. The number of allylic oxidation sites excluding steroid dienone is 2. The highest BCUT2D eigenvalue weighted by Crippen LogP contribution is 2.24. The molecule has 1 aliphatic carbocycles. The molecule has 1 aliphatic rings. The minimum atomic E-state index is -4.00. The summed E-state index contributed by atoms with van der Waals surface area (Å²) in [6.07, 6.45) is 6.36. The van der Waals surface area contributed by atoms with E-state index in [1.54, 1.807) is 17.1 Å². The van der Waals surface area contributed by atoms with Crippen LogP contribution in [0.1, 0.15) is 13.3 Å². The van der Waals surface area contributed by atoms with Crippen LogP contribution in [0.5, 0.6) is 0 Å². The van der Waals surface area contributed by atoms with E-state index >= 15 is 0 Å². The molecule has 0 aliphatic heterocycles. The summed E-state index contributed by atoms with van der Waals surface area (Å²) < 4.78 is 30.0. The zero-order chi connectivity index (χ0) is 14.5. The maximum absolute atomic E-state index is 10.8. The van der Waals surface area contributed by atoms with Crippen LogP contribution in [-0.2, 0) is 10.1 Å². The number of aliphatic hydroxyl groups is 1. The lowest BCUT2D eigenvalue weighted by Gasteiger charge is -2.36. The molecular formula is C11H18N2O5S. The van der Waals surface area contributed by atoms with Crippen molar-refractivity contribution < 1.29 is 18.1 Å². The first kappa shape index (κ1) is 16.0. The second kappa shape index (κ2) is 6.38. The molecule has 0 aromatic rings. The zero-order valence-corrected chi connectivity index (χ0v) is 11.5. The fourth-order valence-corrected chi connectivity index (χ4v) is 2.52. The van der Waals surface area contributed by atoms with E-state index in [2.05, 4.69) is 5.18 Å². The summed E-state index contributed by atoms with van der Waals surface area (Å²) in [6.45, 7) is 2.65. The molecule has 1 rings (SSSR count). The Morgan fingerprint density at radius 1 is 1.42 bits per heavy atom. The average molecular weight is 290 g/mol. The molecule has 0 aromatic carbocycles. The van der Waals surface area contributed by atoms with Gasteiger partial charge in [-0.1, -0.05) is 25.2 Å². The summed E-state index contributed by atoms with van der Waals surface area (Å²) >= 11 is 0. The third-order valence-corrected chi connectivity index (χ3v) is 3.78. The molecule has 0 saturated carbocycles. The fourth-order valence-electron chi connectivity index (χ4n) is 2.03. The Morgan fingerprint density at radius 3 is 2.63 bits per heavy atom. The highest BCUT2D eigenvalue weighted by atomic mass is 32.2. The van der Waals surface area contributed by atoms with Crippen molar-refractivity contribution in [2.75, 3.05) is 18.8 Å². The van der Waals surface area contributed by atoms with Gasteiger partial charge in [-0.25, -0.2) is 0 Å². The Hall–Kier alpha value is -1.09. The number of nitrogens with zero attached hydrogens (tertiary/aromatic N) is 2. The summed E-state index contributed by atoms with van der Waals surface area (Å²) in [4.78, 5) is 12.5. The zero-order valence-electron chi connectivity index (χ0n) is 10.6. The van der Waals surface area contributed by atoms with Crippen molar-refractivity contribution in [1.29, 1.82) is 0 Å². The van der Waals surface area contributed by atoms with Gasteiger partial charge in [-0.2, -0.15) is 8.42 Å². The molecule has 0 aromatic heterocycles. The number of likely N-dealkylation sites (N-methyl/N-ethyl adjacent to an activating group) is 1. The first-order valence-corrected chi connectivity index (χ1v) is 7.55. The standard InChI is InChI=1S/C11H18N2O5S/c1-2-13(8-5-9-19(16,17)18)10-6-3-4-7-11(10,14)12-15/h3-4,6-7,10,14H,2,5,8-9H2,1H3,(H,16,17,18). The van der Waals surface area contributed by atoms with E-state index in [-0.39, 0.29) is 12.2 Å². The van der Waals surface area contributed by atoms with Gasteiger partial charge in [-0.3, -0.25) is 9.45 Å². The van der Waals surface area contributed by atoms with Gasteiger partial charge in [-0.05, 0) is 30.8 Å². The van der Waals surface area contributed by atoms with Crippen LogP contribution in [0.2, 0.25) is 0 Å². The van der Waals surface area contributed by atoms with Gasteiger partial charge in [0.15, 0.2) is 0 Å². The van der Waals surface area contributed by atoms with E-state index in [0.717, 1.165) is 0 Å². The Balaban J connectivity index is 2.71. The lowest BCUT2D eigenvalue weighted by atomic mass is 9.97. The molecule has 0 radical (unpaired) electrons. The molecule has 0 spiro atoms. The van der Waals surface area contributed by atoms with Crippen LogP contribution in [0.3, 0.4) is 0 Å². The quantitative estimate of drug-likeness (QED) is 0.523. The van der Waals surface area contributed by atoms with E-state index in [9.17, 15) is 18.4 Å². The average Bonchev–Trinajstić information content (AvgIpc) is 2.35. The molecular weight excluding hydrogens is 272 g/mol. The molecule has 19 heavy (non-hydrogen) atoms. The predicted octanol–water partition coefficient (Wildman–Crippen LogP) is 0.536. The number of hydrogen-bond donors (Lipinski definition) is 2. The van der Waals surface area contributed by atoms with Gasteiger partial charge in [0, 0.05) is 0 Å². The largest absolute Gasteiger partial charge is 0.362 e. The SMILES string of the molecule is CCN(CCCS(=O)(=O)O)C1C=CC=CC1(O)N=O. The Bertz CT molecular complexity index is 473. The van der Waals surface area contributed by atoms with E-state index in [0.29, 0.717) is 13.1 Å². The second-order valence-electron chi connectivity index (χ2n) is 4.33. The van der Waals surface area contributed by atoms with Crippen LogP contribution >= 0.6 is 0 Å². The lowest BCUT2D eigenvalue weighted by molar-refractivity contribution is 0.0166. The van der Waals surface area contributed by atoms with Crippen molar-refractivity contribution >= 4 is 10.1 Å². The highest BCUT2D eigenvalue weighted by molar-refractivity contribution is 7.85. The molecule has 2 N–H and O–H groups in total. The minimum absolute atomic E-state index is 0.204. The highest BCUT2D eigenvalue weighted by Gasteiger charge is 2.39. The van der Waals surface area contributed by atoms with Crippen LogP contribution in [0.25, 0.3) is 0 Å². The third-order valence-electron chi connectivity index (χ3n) is 2.97. The first-order chi connectivity index (χ1) is 8.82. The summed E-state index contributed by atoms with van der Waals surface area (Å²) in [5.74, 6) is -0.358. The van der Waals surface area contributed by atoms with Crippen molar-refractivity contribution in [2.45, 2.75) is 25.1 Å². The van der Waals surface area contributed by atoms with Crippen molar-refractivity contribution in [3.8, 4) is 0 Å². The topological polar surface area (TPSA) is 107 Å². The molecule has 0 amide bonds. The molecule has 0 fully saturated rings. The van der Waals surface area contributed by atoms with E-state index in [1.165, 1.54) is 12.2 Å². The lowest BCUT2D eigenvalue weighted by Crippen LogP contribution is -2.50. The van der Waals surface area contributed by atoms with Crippen LogP contribution < -0.4 is 0 Å². The van der Waals surface area contributed by atoms with Gasteiger partial charge in [0.05, 0.1) is 11.8 Å². The van der Waals surface area contributed by atoms with Crippen molar-refractivity contribution in [3.05, 3.63) is 29.2 Å². The van der Waals surface area contributed by atoms with Gasteiger partial charge in [0.25, 0.3) is 10.1 Å². The fraction of sp³-hybridized carbons (Fsp3) is 0.636. The van der Waals surface area contributed by atoms with E-state index in [1.807, 2.05) is 6.92 Å². The maximum Gasteiger partial charge on any atom is 0.264 e. The molecule has 108 valence electrons. The van der Waals surface area contributed by atoms with E-state index < -0.39 is 21.9 Å². The monoisotopic (exact) mass is 290 g/mol. The summed E-state index contributed by atoms with van der Waals surface area (Å²) in [7, 11) is -4.00. The van der Waals surface area contributed by atoms with Gasteiger partial charge in [-0.15, -0.1) is 4.91 Å². The summed E-state index contributed by atoms with van der Waals surface area (Å²) in [6, 6.07) is -0.638. The molecule has 0 saturated heterocycles. The number of hydrogen-bond acceptors (Lipinski definition) is 6. The maximum atomic E-state index is 10.8. The van der Waals surface area contributed by atoms with E-state index in [4.69, 9.17) is 4.55 Å². The molecule has 8 heteroatoms. The van der Waals surface area contributed by atoms with Gasteiger partial charge < -0.3 is 5.11 Å². The smallest absolute Gasteiger partial charge is 0.264 e. The molecule has 0 bridgehead atoms. The molecule has 7 nitrogen and oxygen atoms in total. The third kappa shape index (κ3) is 4.50. The Morgan fingerprint density at radius 2 is 2.11 bits per heavy atom. The van der Waals surface area contributed by atoms with Gasteiger partial charge in [0.1, 0.15) is 0 Å². The van der Waals surface area contributed by atoms with Crippen molar-refractivity contribution in [2.24, 2.45) is 5.18 Å². The summed E-state index contributed by atoms with van der Waals surface area (Å²) in [5.41, 5.74) is -1.84. The molecule has 2 atom stereocenters. The van der Waals surface area contributed by atoms with Crippen LogP contribution in [0, 0.1) is 4.91 Å². The van der Waals surface area contributed by atoms with Crippen molar-refractivity contribution in [3.63, 3.8) is 0 Å². The first-order valence-electron chi connectivity index (χ1n) is 5.94. The predicted molar refractivity (Wildman–Crippen MR) is 71.1 cm³/mol. The van der Waals surface area contributed by atoms with Gasteiger partial charge in [0.2, 0.25) is 5.72 Å². The van der Waals surface area contributed by atoms with Crippen LogP contribution in [0.4, 0.5) is 0 Å². The molecule has 2 unspecified atom stereocenters. The van der Waals surface area contributed by atoms with Gasteiger partial charge >= 0.3 is 0 Å². The Labute approximate surface area is 112 Å². The summed E-state index contributed by atoms with van der Waals surface area (Å²) in [5, 5.41) is 12.8. The Kier molecular flexibility index (Phi) is 5.36.